The fourth-order valence-electron chi connectivity index (χ4n) is 4.90. The van der Waals surface area contributed by atoms with Gasteiger partial charge in [0.15, 0.2) is 0 Å². The van der Waals surface area contributed by atoms with Crippen molar-refractivity contribution in [1.82, 2.24) is 5.32 Å². The molecule has 0 radical (unpaired) electrons. The zero-order valence-electron chi connectivity index (χ0n) is 25.3. The smallest absolute Gasteiger partial charge is 0.337 e. The Morgan fingerprint density at radius 3 is 2.42 bits per heavy atom. The third kappa shape index (κ3) is 8.20. The van der Waals surface area contributed by atoms with Crippen molar-refractivity contribution in [3.63, 3.8) is 0 Å². The van der Waals surface area contributed by atoms with Gasteiger partial charge in [0.2, 0.25) is 0 Å². The molecule has 0 fully saturated rings. The number of esters is 1. The predicted octanol–water partition coefficient (Wildman–Crippen LogP) is 5.50. The first-order valence-electron chi connectivity index (χ1n) is 14.2. The van der Waals surface area contributed by atoms with Gasteiger partial charge in [-0.3, -0.25) is 4.31 Å². The zero-order chi connectivity index (χ0) is 31.2. The van der Waals surface area contributed by atoms with Gasteiger partial charge in [-0.2, -0.15) is 0 Å². The zero-order valence-corrected chi connectivity index (χ0v) is 26.1. The number of methoxy groups -OCH3 is 1. The van der Waals surface area contributed by atoms with Crippen LogP contribution in [0.1, 0.15) is 48.4 Å². The van der Waals surface area contributed by atoms with E-state index in [-0.39, 0.29) is 28.7 Å². The van der Waals surface area contributed by atoms with E-state index in [0.717, 1.165) is 16.3 Å². The monoisotopic (exact) mass is 604 g/mol. The second-order valence-electron chi connectivity index (χ2n) is 11.3. The molecule has 4 rings (SSSR count). The Morgan fingerprint density at radius 2 is 1.67 bits per heavy atom. The van der Waals surface area contributed by atoms with E-state index in [4.69, 9.17) is 9.47 Å². The van der Waals surface area contributed by atoms with E-state index in [0.29, 0.717) is 12.2 Å². The lowest BCUT2D eigenvalue weighted by Gasteiger charge is -2.28. The lowest BCUT2D eigenvalue weighted by atomic mass is 9.93. The number of aliphatic hydroxyl groups excluding tert-OH is 1. The molecule has 9 heteroatoms. The number of rotatable bonds is 13. The second-order valence-corrected chi connectivity index (χ2v) is 13.3. The minimum Gasteiger partial charge on any atom is -0.465 e. The lowest BCUT2D eigenvalue weighted by molar-refractivity contribution is -0.00416. The third-order valence-electron chi connectivity index (χ3n) is 7.43. The maximum Gasteiger partial charge on any atom is 0.337 e. The number of hydrogen-bond donors (Lipinski definition) is 2. The number of anilines is 1. The molecule has 0 amide bonds. The first kappa shape index (κ1) is 32.2. The van der Waals surface area contributed by atoms with Crippen molar-refractivity contribution in [2.75, 3.05) is 31.6 Å². The molecule has 8 nitrogen and oxygen atoms in total. The predicted molar refractivity (Wildman–Crippen MR) is 170 cm³/mol. The summed E-state index contributed by atoms with van der Waals surface area (Å²) in [7, 11) is -1.24. The number of ether oxygens (including phenoxy) is 2. The lowest BCUT2D eigenvalue weighted by Crippen LogP contribution is -2.46. The van der Waals surface area contributed by atoms with Crippen LogP contribution >= 0.6 is 0 Å². The minimum atomic E-state index is -3.94. The number of nitrogens with zero attached hydrogens (tertiary/aromatic N) is 1. The van der Waals surface area contributed by atoms with Gasteiger partial charge < -0.3 is 19.9 Å². The number of fused-ring (bicyclic) bond motifs is 1. The van der Waals surface area contributed by atoms with Gasteiger partial charge in [0.1, 0.15) is 0 Å². The van der Waals surface area contributed by atoms with Gasteiger partial charge in [-0.05, 0) is 79.4 Å². The molecule has 0 aliphatic heterocycles. The maximum absolute atomic E-state index is 13.3. The number of carbonyl (C=O) groups excluding carboxylic acids is 1. The van der Waals surface area contributed by atoms with Crippen molar-refractivity contribution in [3.8, 4) is 0 Å². The largest absolute Gasteiger partial charge is 0.465 e. The number of aliphatic hydroxyl groups is 1. The minimum absolute atomic E-state index is 0.0215. The number of benzene rings is 4. The molecule has 0 spiro atoms. The SMILES string of the molecule is COC(=O)c1cccc(S(=O)(=O)N(C)c2cccc(C(C)OC[C@H](O)CNC(C)(C)Cc3ccc4ccccc4c3)c2)c1. The Hall–Kier alpha value is -3.76. The summed E-state index contributed by atoms with van der Waals surface area (Å²) in [5.74, 6) is -0.612. The molecule has 0 bridgehead atoms. The van der Waals surface area contributed by atoms with Crippen LogP contribution in [0.15, 0.2) is 95.9 Å². The highest BCUT2D eigenvalue weighted by Gasteiger charge is 2.24. The number of hydrogen-bond acceptors (Lipinski definition) is 7. The summed E-state index contributed by atoms with van der Waals surface area (Å²) >= 11 is 0. The van der Waals surface area contributed by atoms with Gasteiger partial charge in [-0.25, -0.2) is 13.2 Å². The van der Waals surface area contributed by atoms with Crippen LogP contribution in [0.5, 0.6) is 0 Å². The van der Waals surface area contributed by atoms with Crippen LogP contribution in [0.25, 0.3) is 10.8 Å². The molecular weight excluding hydrogens is 564 g/mol. The van der Waals surface area contributed by atoms with E-state index in [1.807, 2.05) is 25.1 Å². The normalized spacial score (nSPS) is 13.4. The van der Waals surface area contributed by atoms with Crippen molar-refractivity contribution in [2.45, 2.75) is 49.8 Å². The van der Waals surface area contributed by atoms with Gasteiger partial charge in [-0.1, -0.05) is 60.7 Å². The average Bonchev–Trinajstić information content (AvgIpc) is 3.01. The van der Waals surface area contributed by atoms with Crippen molar-refractivity contribution in [3.05, 3.63) is 108 Å². The topological polar surface area (TPSA) is 105 Å². The molecule has 4 aromatic rings. The number of sulfonamides is 1. The molecule has 2 N–H and O–H groups in total. The fraction of sp³-hybridized carbons (Fsp3) is 0.324. The number of β-amino-alcohol motifs (C(OH)–C–C–N with tert-alkyl or cyclic N) is 1. The van der Waals surface area contributed by atoms with E-state index in [1.54, 1.807) is 18.2 Å². The Morgan fingerprint density at radius 1 is 0.953 bits per heavy atom. The van der Waals surface area contributed by atoms with Crippen molar-refractivity contribution >= 4 is 32.5 Å². The molecule has 0 heterocycles. The highest BCUT2D eigenvalue weighted by Crippen LogP contribution is 2.27. The Balaban J connectivity index is 1.33. The highest BCUT2D eigenvalue weighted by atomic mass is 32.2. The van der Waals surface area contributed by atoms with E-state index in [2.05, 4.69) is 49.5 Å². The van der Waals surface area contributed by atoms with Gasteiger partial charge in [-0.15, -0.1) is 0 Å². The van der Waals surface area contributed by atoms with Gasteiger partial charge >= 0.3 is 5.97 Å². The van der Waals surface area contributed by atoms with Crippen LogP contribution < -0.4 is 9.62 Å². The van der Waals surface area contributed by atoms with Crippen LogP contribution in [-0.2, 0) is 25.9 Å². The first-order valence-corrected chi connectivity index (χ1v) is 15.6. The third-order valence-corrected chi connectivity index (χ3v) is 9.21. The standard InChI is InChI=1S/C34H40N2O6S/c1-24(42-23-31(37)22-35-34(2,3)21-25-16-17-26-10-6-7-11-28(26)18-25)27-12-8-14-30(19-27)36(4)43(39,40)32-15-9-13-29(20-32)33(38)41-5/h6-20,24,31,35,37H,21-23H2,1-5H3/t24?,31-/m1/s1. The molecule has 0 saturated carbocycles. The molecule has 0 saturated heterocycles. The van der Waals surface area contributed by atoms with E-state index in [1.165, 1.54) is 54.8 Å². The average molecular weight is 605 g/mol. The van der Waals surface area contributed by atoms with E-state index in [9.17, 15) is 18.3 Å². The van der Waals surface area contributed by atoms with Crippen LogP contribution in [0.3, 0.4) is 0 Å². The Bertz CT molecular complexity index is 1670. The van der Waals surface area contributed by atoms with Crippen LogP contribution in [0.2, 0.25) is 0 Å². The molecular formula is C34H40N2O6S. The molecule has 0 aliphatic carbocycles. The summed E-state index contributed by atoms with van der Waals surface area (Å²) in [5, 5.41) is 16.5. The Labute approximate surface area is 254 Å². The van der Waals surface area contributed by atoms with Crippen molar-refractivity contribution in [2.24, 2.45) is 0 Å². The molecule has 1 unspecified atom stereocenters. The number of carbonyl (C=O) groups is 1. The molecule has 43 heavy (non-hydrogen) atoms. The van der Waals surface area contributed by atoms with Crippen LogP contribution in [0, 0.1) is 0 Å². The Kier molecular flexibility index (Phi) is 10.2. The highest BCUT2D eigenvalue weighted by molar-refractivity contribution is 7.92. The summed E-state index contributed by atoms with van der Waals surface area (Å²) in [5.41, 5.74) is 2.33. The summed E-state index contributed by atoms with van der Waals surface area (Å²) < 4.78 is 38.5. The van der Waals surface area contributed by atoms with Crippen molar-refractivity contribution in [1.29, 1.82) is 0 Å². The molecule has 2 atom stereocenters. The quantitative estimate of drug-likeness (QED) is 0.194. The first-order chi connectivity index (χ1) is 20.4. The molecule has 4 aromatic carbocycles. The van der Waals surface area contributed by atoms with Gasteiger partial charge in [0.25, 0.3) is 10.0 Å². The molecule has 0 aromatic heterocycles. The molecule has 228 valence electrons. The van der Waals surface area contributed by atoms with Gasteiger partial charge in [0.05, 0.1) is 42.1 Å². The van der Waals surface area contributed by atoms with Crippen molar-refractivity contribution < 1.29 is 27.8 Å². The number of nitrogens with one attached hydrogen (secondary N) is 1. The molecule has 0 aliphatic rings. The summed E-state index contributed by atoms with van der Waals surface area (Å²) in [6.45, 7) is 6.55. The van der Waals surface area contributed by atoms with E-state index < -0.39 is 22.1 Å². The fourth-order valence-corrected chi connectivity index (χ4v) is 6.13. The van der Waals surface area contributed by atoms with Crippen LogP contribution in [-0.4, -0.2) is 58.4 Å². The van der Waals surface area contributed by atoms with E-state index >= 15 is 0 Å². The van der Waals surface area contributed by atoms with Gasteiger partial charge in [0, 0.05) is 19.1 Å². The maximum atomic E-state index is 13.3. The summed E-state index contributed by atoms with van der Waals surface area (Å²) in [4.78, 5) is 11.9. The van der Waals surface area contributed by atoms with Crippen LogP contribution in [0.4, 0.5) is 5.69 Å². The summed E-state index contributed by atoms with van der Waals surface area (Å²) in [6, 6.07) is 27.5. The summed E-state index contributed by atoms with van der Waals surface area (Å²) in [6.07, 6.45) is -0.316. The second kappa shape index (κ2) is 13.7.